The summed E-state index contributed by atoms with van der Waals surface area (Å²) in [5, 5.41) is 11.9. The first-order valence-electron chi connectivity index (χ1n) is 8.57. The quantitative estimate of drug-likeness (QED) is 0.579. The molecule has 0 fully saturated rings. The van der Waals surface area contributed by atoms with Crippen molar-refractivity contribution in [2.75, 3.05) is 20.0 Å². The van der Waals surface area contributed by atoms with Gasteiger partial charge in [0.15, 0.2) is 22.5 Å². The average molecular weight is 402 g/mol. The van der Waals surface area contributed by atoms with E-state index in [1.165, 1.54) is 11.8 Å². The summed E-state index contributed by atoms with van der Waals surface area (Å²) in [6, 6.07) is 7.39. The summed E-state index contributed by atoms with van der Waals surface area (Å²) in [4.78, 5) is 12.2. The first-order valence-corrected chi connectivity index (χ1v) is 9.56. The highest BCUT2D eigenvalue weighted by Gasteiger charge is 2.15. The number of nitrogens with one attached hydrogen (secondary N) is 1. The molecule has 0 bridgehead atoms. The largest absolute Gasteiger partial charge is 0.493 e. The highest BCUT2D eigenvalue weighted by atomic mass is 32.2. The van der Waals surface area contributed by atoms with Gasteiger partial charge in [-0.15, -0.1) is 10.2 Å². The molecule has 28 heavy (non-hydrogen) atoms. The van der Waals surface area contributed by atoms with E-state index in [1.807, 2.05) is 42.8 Å². The van der Waals surface area contributed by atoms with Crippen LogP contribution in [0.25, 0.3) is 11.4 Å². The minimum atomic E-state index is -0.0937. The van der Waals surface area contributed by atoms with Crippen molar-refractivity contribution in [2.45, 2.75) is 18.6 Å². The van der Waals surface area contributed by atoms with Crippen molar-refractivity contribution >= 4 is 17.7 Å². The Kier molecular flexibility index (Phi) is 6.25. The molecule has 1 amide bonds. The Morgan fingerprint density at radius 2 is 2.00 bits per heavy atom. The Hall–Kier alpha value is -2.94. The van der Waals surface area contributed by atoms with Crippen LogP contribution in [0.2, 0.25) is 0 Å². The lowest BCUT2D eigenvalue weighted by molar-refractivity contribution is -0.118. The Morgan fingerprint density at radius 3 is 2.68 bits per heavy atom. The monoisotopic (exact) mass is 402 g/mol. The van der Waals surface area contributed by atoms with E-state index in [0.29, 0.717) is 29.0 Å². The van der Waals surface area contributed by atoms with Gasteiger partial charge in [0.2, 0.25) is 5.91 Å². The van der Waals surface area contributed by atoms with Crippen molar-refractivity contribution in [1.82, 2.24) is 20.1 Å². The number of methoxy groups -OCH3 is 2. The van der Waals surface area contributed by atoms with Crippen LogP contribution < -0.4 is 14.8 Å². The lowest BCUT2D eigenvalue weighted by atomic mass is 10.2. The second-order valence-corrected chi connectivity index (χ2v) is 6.95. The van der Waals surface area contributed by atoms with Crippen LogP contribution in [0.15, 0.2) is 40.1 Å². The van der Waals surface area contributed by atoms with Crippen LogP contribution >= 0.6 is 11.8 Å². The number of hydrogen-bond donors (Lipinski definition) is 1. The van der Waals surface area contributed by atoms with Gasteiger partial charge < -0.3 is 23.8 Å². The van der Waals surface area contributed by atoms with E-state index in [2.05, 4.69) is 15.5 Å². The summed E-state index contributed by atoms with van der Waals surface area (Å²) in [6.07, 6.45) is 1.62. The number of ether oxygens (including phenoxy) is 2. The van der Waals surface area contributed by atoms with Gasteiger partial charge in [-0.2, -0.15) is 0 Å². The molecule has 3 aromatic rings. The molecule has 0 spiro atoms. The third-order valence-corrected chi connectivity index (χ3v) is 5.22. The third-order valence-electron chi connectivity index (χ3n) is 4.20. The van der Waals surface area contributed by atoms with Crippen molar-refractivity contribution in [1.29, 1.82) is 0 Å². The van der Waals surface area contributed by atoms with Gasteiger partial charge in [-0.3, -0.25) is 4.79 Å². The number of nitrogens with zero attached hydrogens (tertiary/aromatic N) is 3. The zero-order valence-electron chi connectivity index (χ0n) is 16.2. The normalized spacial score (nSPS) is 10.7. The number of thioether (sulfide) groups is 1. The maximum absolute atomic E-state index is 12.2. The zero-order chi connectivity index (χ0) is 20.1. The number of aryl methyl sites for hydroxylation is 1. The number of amides is 1. The van der Waals surface area contributed by atoms with E-state index in [1.54, 1.807) is 20.5 Å². The van der Waals surface area contributed by atoms with Gasteiger partial charge in [-0.05, 0) is 30.7 Å². The molecule has 2 aromatic heterocycles. The molecule has 0 atom stereocenters. The van der Waals surface area contributed by atoms with Crippen LogP contribution in [0.1, 0.15) is 11.3 Å². The molecule has 0 aliphatic heterocycles. The summed E-state index contributed by atoms with van der Waals surface area (Å²) >= 11 is 1.33. The second kappa shape index (κ2) is 8.83. The van der Waals surface area contributed by atoms with E-state index in [0.717, 1.165) is 16.9 Å². The molecule has 0 aliphatic rings. The molecule has 0 aliphatic carbocycles. The molecule has 0 radical (unpaired) electrons. The maximum Gasteiger partial charge on any atom is 0.230 e. The molecule has 0 unspecified atom stereocenters. The number of hydrogen-bond acceptors (Lipinski definition) is 7. The first-order chi connectivity index (χ1) is 13.5. The van der Waals surface area contributed by atoms with Crippen LogP contribution in [-0.4, -0.2) is 40.6 Å². The lowest BCUT2D eigenvalue weighted by Crippen LogP contribution is -2.24. The third kappa shape index (κ3) is 4.30. The van der Waals surface area contributed by atoms with Crippen molar-refractivity contribution in [3.63, 3.8) is 0 Å². The predicted molar refractivity (Wildman–Crippen MR) is 106 cm³/mol. The summed E-state index contributed by atoms with van der Waals surface area (Å²) in [7, 11) is 5.03. The fourth-order valence-electron chi connectivity index (χ4n) is 2.66. The van der Waals surface area contributed by atoms with Gasteiger partial charge in [-0.25, -0.2) is 0 Å². The summed E-state index contributed by atoms with van der Waals surface area (Å²) in [5.74, 6) is 2.91. The molecule has 8 nitrogen and oxygen atoms in total. The van der Waals surface area contributed by atoms with E-state index in [4.69, 9.17) is 13.9 Å². The molecular weight excluding hydrogens is 380 g/mol. The number of rotatable bonds is 8. The smallest absolute Gasteiger partial charge is 0.230 e. The topological polar surface area (TPSA) is 91.4 Å². The number of carbonyl (C=O) groups excluding carboxylic acids is 1. The molecule has 2 heterocycles. The number of benzene rings is 1. The average Bonchev–Trinajstić information content (AvgIpc) is 3.29. The molecule has 9 heteroatoms. The highest BCUT2D eigenvalue weighted by molar-refractivity contribution is 7.99. The molecule has 0 saturated heterocycles. The number of aromatic nitrogens is 3. The number of carbonyl (C=O) groups is 1. The standard InChI is InChI=1S/C19H22N4O4S/c1-12-14(7-8-27-12)18-21-22-19(23(18)2)28-11-17(24)20-10-13-5-6-15(25-3)16(9-13)26-4/h5-9H,10-11H2,1-4H3,(H,20,24). The van der Waals surface area contributed by atoms with Crippen molar-refractivity contribution < 1.29 is 18.7 Å². The maximum atomic E-state index is 12.2. The summed E-state index contributed by atoms with van der Waals surface area (Å²) in [6.45, 7) is 2.27. The van der Waals surface area contributed by atoms with Crippen molar-refractivity contribution in [3.8, 4) is 22.9 Å². The SMILES string of the molecule is COc1ccc(CNC(=O)CSc2nnc(-c3ccoc3C)n2C)cc1OC. The minimum absolute atomic E-state index is 0.0937. The fourth-order valence-corrected chi connectivity index (χ4v) is 3.41. The van der Waals surface area contributed by atoms with E-state index >= 15 is 0 Å². The fraction of sp³-hybridized carbons (Fsp3) is 0.316. The molecular formula is C19H22N4O4S. The highest BCUT2D eigenvalue weighted by Crippen LogP contribution is 2.28. The molecule has 1 aromatic carbocycles. The lowest BCUT2D eigenvalue weighted by Gasteiger charge is -2.10. The predicted octanol–water partition coefficient (Wildman–Crippen LogP) is 2.81. The Morgan fingerprint density at radius 1 is 1.21 bits per heavy atom. The van der Waals surface area contributed by atoms with Gasteiger partial charge in [0.1, 0.15) is 5.76 Å². The van der Waals surface area contributed by atoms with Crippen LogP contribution in [0.3, 0.4) is 0 Å². The van der Waals surface area contributed by atoms with Crippen LogP contribution in [0.4, 0.5) is 0 Å². The van der Waals surface area contributed by atoms with Crippen LogP contribution in [0.5, 0.6) is 11.5 Å². The first kappa shape index (κ1) is 19.8. The van der Waals surface area contributed by atoms with Gasteiger partial charge in [-0.1, -0.05) is 17.8 Å². The van der Waals surface area contributed by atoms with Gasteiger partial charge >= 0.3 is 0 Å². The van der Waals surface area contributed by atoms with E-state index < -0.39 is 0 Å². The van der Waals surface area contributed by atoms with Crippen molar-refractivity contribution in [3.05, 3.63) is 41.9 Å². The molecule has 3 rings (SSSR count). The van der Waals surface area contributed by atoms with E-state index in [-0.39, 0.29) is 11.7 Å². The Balaban J connectivity index is 1.55. The van der Waals surface area contributed by atoms with Gasteiger partial charge in [0.05, 0.1) is 31.8 Å². The summed E-state index contributed by atoms with van der Waals surface area (Å²) in [5.41, 5.74) is 1.81. The Labute approximate surface area is 167 Å². The van der Waals surface area contributed by atoms with Gasteiger partial charge in [0.25, 0.3) is 0 Å². The van der Waals surface area contributed by atoms with E-state index in [9.17, 15) is 4.79 Å². The summed E-state index contributed by atoms with van der Waals surface area (Å²) < 4.78 is 17.7. The number of furan rings is 1. The molecule has 0 saturated carbocycles. The minimum Gasteiger partial charge on any atom is -0.493 e. The Bertz CT molecular complexity index is 967. The molecule has 148 valence electrons. The van der Waals surface area contributed by atoms with Crippen LogP contribution in [0, 0.1) is 6.92 Å². The van der Waals surface area contributed by atoms with Crippen molar-refractivity contribution in [2.24, 2.45) is 7.05 Å². The van der Waals surface area contributed by atoms with Gasteiger partial charge in [0, 0.05) is 13.6 Å². The molecule has 1 N–H and O–H groups in total. The zero-order valence-corrected chi connectivity index (χ0v) is 17.0. The second-order valence-electron chi connectivity index (χ2n) is 6.01. The van der Waals surface area contributed by atoms with Crippen LogP contribution in [-0.2, 0) is 18.4 Å².